The van der Waals surface area contributed by atoms with E-state index in [1.807, 2.05) is 13.0 Å². The van der Waals surface area contributed by atoms with Crippen molar-refractivity contribution < 1.29 is 18.7 Å². The van der Waals surface area contributed by atoms with Gasteiger partial charge in [0.15, 0.2) is 18.2 Å². The number of nitrogens with zero attached hydrogens (tertiary/aromatic N) is 3. The maximum Gasteiger partial charge on any atom is 0.258 e. The summed E-state index contributed by atoms with van der Waals surface area (Å²) in [6.45, 7) is 4.68. The highest BCUT2D eigenvalue weighted by molar-refractivity contribution is 5.77. The summed E-state index contributed by atoms with van der Waals surface area (Å²) < 4.78 is 24.0. The van der Waals surface area contributed by atoms with Gasteiger partial charge in [-0.05, 0) is 19.1 Å². The summed E-state index contributed by atoms with van der Waals surface area (Å²) >= 11 is 0. The Hall–Kier alpha value is -2.74. The van der Waals surface area contributed by atoms with E-state index in [1.54, 1.807) is 12.1 Å². The molecule has 0 radical (unpaired) electrons. The summed E-state index contributed by atoms with van der Waals surface area (Å²) in [5.41, 5.74) is 0.827. The highest BCUT2D eigenvalue weighted by Crippen LogP contribution is 2.15. The molecule has 0 aliphatic carbocycles. The van der Waals surface area contributed by atoms with E-state index >= 15 is 0 Å². The van der Waals surface area contributed by atoms with Crippen molar-refractivity contribution in [3.8, 4) is 5.75 Å². The number of hydrogen-bond donors (Lipinski definition) is 1. The van der Waals surface area contributed by atoms with E-state index in [2.05, 4.69) is 20.2 Å². The summed E-state index contributed by atoms with van der Waals surface area (Å²) in [7, 11) is 0. The van der Waals surface area contributed by atoms with Crippen LogP contribution in [-0.4, -0.2) is 48.8 Å². The van der Waals surface area contributed by atoms with Crippen molar-refractivity contribution in [2.24, 2.45) is 0 Å². The summed E-state index contributed by atoms with van der Waals surface area (Å²) in [6.07, 6.45) is 0. The number of morpholine rings is 1. The molecule has 0 atom stereocenters. The molecule has 1 aromatic carbocycles. The number of amides is 1. The lowest BCUT2D eigenvalue weighted by molar-refractivity contribution is -0.123. The van der Waals surface area contributed by atoms with Crippen LogP contribution in [0.4, 0.5) is 10.2 Å². The number of hydrogen-bond acceptors (Lipinski definition) is 6. The zero-order valence-corrected chi connectivity index (χ0v) is 14.6. The minimum Gasteiger partial charge on any atom is -0.481 e. The summed E-state index contributed by atoms with van der Waals surface area (Å²) in [5, 5.41) is 2.69. The number of carbonyl (C=O) groups excluding carboxylic acids is 1. The summed E-state index contributed by atoms with van der Waals surface area (Å²) in [5.74, 6) is 0.520. The second-order valence-electron chi connectivity index (χ2n) is 5.88. The molecule has 26 heavy (non-hydrogen) atoms. The average Bonchev–Trinajstić information content (AvgIpc) is 2.66. The molecular weight excluding hydrogens is 339 g/mol. The Morgan fingerprint density at radius 1 is 1.31 bits per heavy atom. The molecule has 1 aromatic heterocycles. The third kappa shape index (κ3) is 4.89. The van der Waals surface area contributed by atoms with Gasteiger partial charge in [0, 0.05) is 24.8 Å². The van der Waals surface area contributed by atoms with Crippen molar-refractivity contribution in [1.82, 2.24) is 15.3 Å². The maximum atomic E-state index is 13.5. The van der Waals surface area contributed by atoms with Crippen molar-refractivity contribution in [2.75, 3.05) is 37.8 Å². The van der Waals surface area contributed by atoms with E-state index in [1.165, 1.54) is 12.1 Å². The number of ether oxygens (including phenoxy) is 2. The van der Waals surface area contributed by atoms with Gasteiger partial charge in [0.1, 0.15) is 11.6 Å². The molecule has 1 aliphatic heterocycles. The van der Waals surface area contributed by atoms with Crippen molar-refractivity contribution in [1.29, 1.82) is 0 Å². The molecular formula is C18H21FN4O3. The van der Waals surface area contributed by atoms with Crippen LogP contribution >= 0.6 is 0 Å². The van der Waals surface area contributed by atoms with Crippen LogP contribution in [-0.2, 0) is 16.1 Å². The molecule has 1 aliphatic rings. The molecule has 7 nitrogen and oxygen atoms in total. The zero-order chi connectivity index (χ0) is 18.4. The van der Waals surface area contributed by atoms with Gasteiger partial charge in [0.25, 0.3) is 5.91 Å². The number of aromatic nitrogens is 2. The number of halogens is 1. The highest BCUT2D eigenvalue weighted by atomic mass is 19.1. The largest absolute Gasteiger partial charge is 0.481 e. The van der Waals surface area contributed by atoms with Gasteiger partial charge in [-0.25, -0.2) is 14.4 Å². The van der Waals surface area contributed by atoms with Crippen LogP contribution in [0, 0.1) is 12.7 Å². The number of aryl methyl sites for hydroxylation is 1. The van der Waals surface area contributed by atoms with E-state index in [-0.39, 0.29) is 24.8 Å². The number of para-hydroxylation sites is 1. The van der Waals surface area contributed by atoms with Gasteiger partial charge in [-0.3, -0.25) is 4.79 Å². The lowest BCUT2D eigenvalue weighted by Gasteiger charge is -2.28. The minimum absolute atomic E-state index is 0.0454. The molecule has 3 rings (SSSR count). The predicted octanol–water partition coefficient (Wildman–Crippen LogP) is 1.46. The van der Waals surface area contributed by atoms with Gasteiger partial charge in [0.2, 0.25) is 0 Å². The van der Waals surface area contributed by atoms with Crippen LogP contribution in [0.3, 0.4) is 0 Å². The third-order valence-corrected chi connectivity index (χ3v) is 3.86. The monoisotopic (exact) mass is 360 g/mol. The smallest absolute Gasteiger partial charge is 0.258 e. The van der Waals surface area contributed by atoms with E-state index in [9.17, 15) is 9.18 Å². The first kappa shape index (κ1) is 18.1. The lowest BCUT2D eigenvalue weighted by atomic mass is 10.3. The molecule has 0 bridgehead atoms. The lowest BCUT2D eigenvalue weighted by Crippen LogP contribution is -2.37. The number of benzene rings is 1. The molecule has 8 heteroatoms. The minimum atomic E-state index is -0.502. The van der Waals surface area contributed by atoms with E-state index in [0.29, 0.717) is 19.0 Å². The molecule has 138 valence electrons. The SMILES string of the molecule is Cc1cc(N2CCOCC2)nc(CNC(=O)COc2ccccc2F)n1. The fraction of sp³-hybridized carbons (Fsp3) is 0.389. The van der Waals surface area contributed by atoms with Crippen molar-refractivity contribution >= 4 is 11.7 Å². The average molecular weight is 360 g/mol. The van der Waals surface area contributed by atoms with Gasteiger partial charge in [-0.2, -0.15) is 0 Å². The number of rotatable bonds is 6. The van der Waals surface area contributed by atoms with Gasteiger partial charge in [0.05, 0.1) is 19.8 Å². The Kier molecular flexibility index (Phi) is 5.96. The van der Waals surface area contributed by atoms with E-state index < -0.39 is 5.82 Å². The first-order valence-corrected chi connectivity index (χ1v) is 8.43. The molecule has 2 heterocycles. The molecule has 1 fully saturated rings. The van der Waals surface area contributed by atoms with E-state index in [4.69, 9.17) is 9.47 Å². The Bertz CT molecular complexity index is 766. The summed E-state index contributed by atoms with van der Waals surface area (Å²) in [6, 6.07) is 7.87. The van der Waals surface area contributed by atoms with Crippen LogP contribution in [0.1, 0.15) is 11.5 Å². The topological polar surface area (TPSA) is 76.6 Å². The van der Waals surface area contributed by atoms with Crippen LogP contribution in [0.25, 0.3) is 0 Å². The highest BCUT2D eigenvalue weighted by Gasteiger charge is 2.14. The second-order valence-corrected chi connectivity index (χ2v) is 5.88. The van der Waals surface area contributed by atoms with Gasteiger partial charge in [-0.15, -0.1) is 0 Å². The molecule has 0 saturated carbocycles. The Morgan fingerprint density at radius 3 is 2.85 bits per heavy atom. The normalized spacial score (nSPS) is 14.2. The fourth-order valence-corrected chi connectivity index (χ4v) is 2.58. The maximum absolute atomic E-state index is 13.5. The zero-order valence-electron chi connectivity index (χ0n) is 14.6. The molecule has 1 saturated heterocycles. The Labute approximate surface area is 151 Å². The fourth-order valence-electron chi connectivity index (χ4n) is 2.58. The number of carbonyl (C=O) groups is 1. The van der Waals surface area contributed by atoms with Crippen LogP contribution in [0.5, 0.6) is 5.75 Å². The first-order valence-electron chi connectivity index (χ1n) is 8.43. The third-order valence-electron chi connectivity index (χ3n) is 3.86. The standard InChI is InChI=1S/C18H21FN4O3/c1-13-10-17(23-6-8-25-9-7-23)22-16(21-13)11-20-18(24)12-26-15-5-3-2-4-14(15)19/h2-5,10H,6-9,11-12H2,1H3,(H,20,24). The van der Waals surface area contributed by atoms with Crippen LogP contribution < -0.4 is 15.0 Å². The second kappa shape index (κ2) is 8.57. The Morgan fingerprint density at radius 2 is 2.08 bits per heavy atom. The Balaban J connectivity index is 1.54. The van der Waals surface area contributed by atoms with Gasteiger partial charge in [-0.1, -0.05) is 12.1 Å². The molecule has 2 aromatic rings. The van der Waals surface area contributed by atoms with Crippen molar-refractivity contribution in [3.05, 3.63) is 47.7 Å². The number of anilines is 1. The van der Waals surface area contributed by atoms with E-state index in [0.717, 1.165) is 24.6 Å². The molecule has 1 N–H and O–H groups in total. The molecule has 0 unspecified atom stereocenters. The predicted molar refractivity (Wildman–Crippen MR) is 93.5 cm³/mol. The molecule has 0 spiro atoms. The van der Waals surface area contributed by atoms with Gasteiger partial charge < -0.3 is 19.7 Å². The number of nitrogens with one attached hydrogen (secondary N) is 1. The molecule has 1 amide bonds. The van der Waals surface area contributed by atoms with Crippen LogP contribution in [0.15, 0.2) is 30.3 Å². The van der Waals surface area contributed by atoms with Crippen molar-refractivity contribution in [2.45, 2.75) is 13.5 Å². The quantitative estimate of drug-likeness (QED) is 0.840. The van der Waals surface area contributed by atoms with Gasteiger partial charge >= 0.3 is 0 Å². The van der Waals surface area contributed by atoms with Crippen LogP contribution in [0.2, 0.25) is 0 Å². The van der Waals surface area contributed by atoms with Crippen molar-refractivity contribution in [3.63, 3.8) is 0 Å². The first-order chi connectivity index (χ1) is 12.6. The summed E-state index contributed by atoms with van der Waals surface area (Å²) in [4.78, 5) is 22.9.